The van der Waals surface area contributed by atoms with Gasteiger partial charge in [-0.3, -0.25) is 14.9 Å². The zero-order valence-electron chi connectivity index (χ0n) is 20.5. The minimum atomic E-state index is -0.882. The molecule has 0 bridgehead atoms. The summed E-state index contributed by atoms with van der Waals surface area (Å²) < 4.78 is 16.6. The lowest BCUT2D eigenvalue weighted by Crippen LogP contribution is -2.54. The molecule has 0 radical (unpaired) electrons. The third kappa shape index (κ3) is 6.37. The molecule has 3 aromatic rings. The molecule has 1 aliphatic rings. The van der Waals surface area contributed by atoms with E-state index in [1.54, 1.807) is 42.5 Å². The Bertz CT molecular complexity index is 1490. The maximum atomic E-state index is 13.3. The standard InChI is InChI=1S/C28H21Cl3N2O6/c1-3-10-38-25-23(31)12-16(13-24(25)37-2)11-21-26(34)32-28(36)33(27(21)35)19-6-8-20(9-7-19)39-15-17-4-5-18(29)14-22(17)30/h3-9,11-14H,1,10,15H2,2H3,(H,32,34,36)/b21-11+. The molecule has 0 aromatic heterocycles. The third-order valence-corrected chi connectivity index (χ3v) is 6.38. The second-order valence-corrected chi connectivity index (χ2v) is 9.36. The van der Waals surface area contributed by atoms with Gasteiger partial charge >= 0.3 is 6.03 Å². The molecule has 0 unspecified atom stereocenters. The molecule has 1 saturated heterocycles. The summed E-state index contributed by atoms with van der Waals surface area (Å²) >= 11 is 18.4. The highest BCUT2D eigenvalue weighted by Crippen LogP contribution is 2.37. The molecule has 1 heterocycles. The van der Waals surface area contributed by atoms with Crippen LogP contribution in [-0.4, -0.2) is 31.6 Å². The van der Waals surface area contributed by atoms with Crippen LogP contribution in [0.3, 0.4) is 0 Å². The average Bonchev–Trinajstić information content (AvgIpc) is 2.90. The topological polar surface area (TPSA) is 94.2 Å². The number of benzene rings is 3. The summed E-state index contributed by atoms with van der Waals surface area (Å²) in [4.78, 5) is 39.3. The van der Waals surface area contributed by atoms with Crippen molar-refractivity contribution in [3.63, 3.8) is 0 Å². The number of halogens is 3. The number of ether oxygens (including phenoxy) is 3. The van der Waals surface area contributed by atoms with Crippen LogP contribution < -0.4 is 24.4 Å². The Kier molecular flexibility index (Phi) is 8.81. The fourth-order valence-corrected chi connectivity index (χ4v) is 4.39. The van der Waals surface area contributed by atoms with E-state index in [1.165, 1.54) is 31.4 Å². The van der Waals surface area contributed by atoms with Crippen LogP contribution in [0, 0.1) is 0 Å². The number of rotatable bonds is 9. The van der Waals surface area contributed by atoms with Gasteiger partial charge in [0.05, 0.1) is 17.8 Å². The summed E-state index contributed by atoms with van der Waals surface area (Å²) in [6.07, 6.45) is 2.87. The number of amides is 4. The van der Waals surface area contributed by atoms with Gasteiger partial charge in [0.1, 0.15) is 24.5 Å². The van der Waals surface area contributed by atoms with Crippen LogP contribution >= 0.6 is 34.8 Å². The van der Waals surface area contributed by atoms with Crippen molar-refractivity contribution in [1.29, 1.82) is 0 Å². The lowest BCUT2D eigenvalue weighted by atomic mass is 10.1. The van der Waals surface area contributed by atoms with Crippen LogP contribution in [-0.2, 0) is 16.2 Å². The van der Waals surface area contributed by atoms with Crippen molar-refractivity contribution in [2.24, 2.45) is 0 Å². The fraction of sp³-hybridized carbons (Fsp3) is 0.107. The van der Waals surface area contributed by atoms with Gasteiger partial charge in [-0.05, 0) is 60.2 Å². The number of nitrogens with one attached hydrogen (secondary N) is 1. The zero-order valence-corrected chi connectivity index (χ0v) is 22.8. The van der Waals surface area contributed by atoms with Crippen molar-refractivity contribution >= 4 is 64.4 Å². The van der Waals surface area contributed by atoms with E-state index in [0.29, 0.717) is 27.1 Å². The van der Waals surface area contributed by atoms with Gasteiger partial charge in [0.15, 0.2) is 11.5 Å². The quantitative estimate of drug-likeness (QED) is 0.175. The van der Waals surface area contributed by atoms with E-state index in [-0.39, 0.29) is 35.2 Å². The summed E-state index contributed by atoms with van der Waals surface area (Å²) in [5, 5.41) is 3.37. The summed E-state index contributed by atoms with van der Waals surface area (Å²) in [7, 11) is 1.43. The molecule has 200 valence electrons. The van der Waals surface area contributed by atoms with Gasteiger partial charge in [0.25, 0.3) is 11.8 Å². The van der Waals surface area contributed by atoms with E-state index in [4.69, 9.17) is 49.0 Å². The van der Waals surface area contributed by atoms with E-state index < -0.39 is 17.8 Å². The monoisotopic (exact) mass is 586 g/mol. The molecule has 0 spiro atoms. The largest absolute Gasteiger partial charge is 0.493 e. The fourth-order valence-electron chi connectivity index (χ4n) is 3.66. The van der Waals surface area contributed by atoms with Gasteiger partial charge in [-0.15, -0.1) is 0 Å². The molecule has 11 heteroatoms. The van der Waals surface area contributed by atoms with E-state index >= 15 is 0 Å². The van der Waals surface area contributed by atoms with Crippen molar-refractivity contribution in [2.75, 3.05) is 18.6 Å². The summed E-state index contributed by atoms with van der Waals surface area (Å²) in [6.45, 7) is 3.98. The molecule has 4 rings (SSSR count). The molecular formula is C28H21Cl3N2O6. The second-order valence-electron chi connectivity index (χ2n) is 8.11. The van der Waals surface area contributed by atoms with Crippen LogP contribution in [0.4, 0.5) is 10.5 Å². The second kappa shape index (κ2) is 12.3. The lowest BCUT2D eigenvalue weighted by Gasteiger charge is -2.26. The number of imide groups is 2. The molecule has 4 amide bonds. The number of barbiturate groups is 1. The maximum absolute atomic E-state index is 13.3. The first-order chi connectivity index (χ1) is 18.7. The highest BCUT2D eigenvalue weighted by molar-refractivity contribution is 6.39. The summed E-state index contributed by atoms with van der Waals surface area (Å²) in [5.74, 6) is -0.598. The Labute approximate surface area is 239 Å². The molecular weight excluding hydrogens is 567 g/mol. The van der Waals surface area contributed by atoms with Gasteiger partial charge < -0.3 is 14.2 Å². The number of nitrogens with zero attached hydrogens (tertiary/aromatic N) is 1. The summed E-state index contributed by atoms with van der Waals surface area (Å²) in [5.41, 5.74) is 1.09. The Morgan fingerprint density at radius 1 is 0.949 bits per heavy atom. The van der Waals surface area contributed by atoms with Crippen molar-refractivity contribution in [2.45, 2.75) is 6.61 Å². The molecule has 39 heavy (non-hydrogen) atoms. The number of carbonyl (C=O) groups excluding carboxylic acids is 3. The van der Waals surface area contributed by atoms with Crippen LogP contribution in [0.5, 0.6) is 17.2 Å². The predicted molar refractivity (Wildman–Crippen MR) is 150 cm³/mol. The van der Waals surface area contributed by atoms with Gasteiger partial charge in [-0.2, -0.15) is 0 Å². The number of anilines is 1. The number of carbonyl (C=O) groups is 3. The molecule has 1 fully saturated rings. The van der Waals surface area contributed by atoms with Gasteiger partial charge in [-0.1, -0.05) is 53.5 Å². The lowest BCUT2D eigenvalue weighted by molar-refractivity contribution is -0.122. The molecule has 3 aromatic carbocycles. The van der Waals surface area contributed by atoms with E-state index in [1.807, 2.05) is 0 Å². The molecule has 1 aliphatic heterocycles. The first kappa shape index (κ1) is 28.0. The highest BCUT2D eigenvalue weighted by Gasteiger charge is 2.37. The Morgan fingerprint density at radius 2 is 1.69 bits per heavy atom. The number of hydrogen-bond acceptors (Lipinski definition) is 6. The minimum absolute atomic E-state index is 0.184. The van der Waals surface area contributed by atoms with Gasteiger partial charge in [0.2, 0.25) is 0 Å². The highest BCUT2D eigenvalue weighted by atomic mass is 35.5. The number of urea groups is 1. The molecule has 0 saturated carbocycles. The summed E-state index contributed by atoms with van der Waals surface area (Å²) in [6, 6.07) is 13.5. The van der Waals surface area contributed by atoms with Crippen molar-refractivity contribution in [3.05, 3.63) is 99.0 Å². The van der Waals surface area contributed by atoms with Crippen LogP contribution in [0.15, 0.2) is 72.8 Å². The van der Waals surface area contributed by atoms with Gasteiger partial charge in [-0.25, -0.2) is 9.69 Å². The smallest absolute Gasteiger partial charge is 0.335 e. The molecule has 0 aliphatic carbocycles. The maximum Gasteiger partial charge on any atom is 0.335 e. The van der Waals surface area contributed by atoms with E-state index in [9.17, 15) is 14.4 Å². The van der Waals surface area contributed by atoms with Crippen molar-refractivity contribution in [3.8, 4) is 17.2 Å². The zero-order chi connectivity index (χ0) is 28.1. The first-order valence-electron chi connectivity index (χ1n) is 11.4. The average molecular weight is 588 g/mol. The minimum Gasteiger partial charge on any atom is -0.493 e. The first-order valence-corrected chi connectivity index (χ1v) is 12.5. The molecule has 1 N–H and O–H groups in total. The van der Waals surface area contributed by atoms with Crippen molar-refractivity contribution in [1.82, 2.24) is 5.32 Å². The Morgan fingerprint density at radius 3 is 2.36 bits per heavy atom. The van der Waals surface area contributed by atoms with E-state index in [2.05, 4.69) is 11.9 Å². The Balaban J connectivity index is 1.56. The SMILES string of the molecule is C=CCOc1c(Cl)cc(/C=C2\C(=O)NC(=O)N(c3ccc(OCc4ccc(Cl)cc4Cl)cc3)C2=O)cc1OC. The molecule has 8 nitrogen and oxygen atoms in total. The molecule has 0 atom stereocenters. The van der Waals surface area contributed by atoms with E-state index in [0.717, 1.165) is 10.5 Å². The Hall–Kier alpha value is -3.98. The normalized spacial score (nSPS) is 14.3. The number of hydrogen-bond donors (Lipinski definition) is 1. The number of methoxy groups -OCH3 is 1. The van der Waals surface area contributed by atoms with Crippen LogP contribution in [0.2, 0.25) is 15.1 Å². The van der Waals surface area contributed by atoms with Crippen molar-refractivity contribution < 1.29 is 28.6 Å². The predicted octanol–water partition coefficient (Wildman–Crippen LogP) is 6.47. The van der Waals surface area contributed by atoms with Gasteiger partial charge in [0, 0.05) is 15.6 Å². The third-order valence-electron chi connectivity index (χ3n) is 5.51. The van der Waals surface area contributed by atoms with Crippen LogP contribution in [0.1, 0.15) is 11.1 Å². The van der Waals surface area contributed by atoms with Crippen LogP contribution in [0.25, 0.3) is 6.08 Å².